The van der Waals surface area contributed by atoms with Gasteiger partial charge in [-0.1, -0.05) is 18.2 Å². The molecule has 2 N–H and O–H groups in total. The van der Waals surface area contributed by atoms with Gasteiger partial charge in [-0.05, 0) is 25.1 Å². The van der Waals surface area contributed by atoms with Gasteiger partial charge in [-0.3, -0.25) is 9.69 Å². The average Bonchev–Trinajstić information content (AvgIpc) is 3.07. The maximum absolute atomic E-state index is 12.0. The molecule has 0 radical (unpaired) electrons. The van der Waals surface area contributed by atoms with Crippen molar-refractivity contribution >= 4 is 36.4 Å². The van der Waals surface area contributed by atoms with Crippen LogP contribution in [0.5, 0.6) is 0 Å². The van der Waals surface area contributed by atoms with Gasteiger partial charge in [0.25, 0.3) is 0 Å². The Morgan fingerprint density at radius 2 is 1.83 bits per heavy atom. The van der Waals surface area contributed by atoms with E-state index in [9.17, 15) is 4.79 Å². The van der Waals surface area contributed by atoms with Gasteiger partial charge in [0.05, 0.1) is 0 Å². The molecule has 3 rings (SSSR count). The maximum atomic E-state index is 12.0. The Labute approximate surface area is 157 Å². The molecule has 1 aromatic rings. The predicted molar refractivity (Wildman–Crippen MR) is 104 cm³/mol. The number of carbonyl (C=O) groups excluding carboxylic acids is 1. The molecule has 7 heteroatoms. The SMILES string of the molecule is Cl.Cl.O=C(CCN1CCN(c2ccccc2)CC1)NC1CCNC1. The highest BCUT2D eigenvalue weighted by molar-refractivity contribution is 5.85. The molecule has 2 aliphatic heterocycles. The Morgan fingerprint density at radius 1 is 1.12 bits per heavy atom. The number of hydrogen-bond acceptors (Lipinski definition) is 4. The Kier molecular flexibility index (Phi) is 9.44. The molecular weight excluding hydrogens is 347 g/mol. The summed E-state index contributed by atoms with van der Waals surface area (Å²) in [7, 11) is 0. The maximum Gasteiger partial charge on any atom is 0.221 e. The van der Waals surface area contributed by atoms with Crippen molar-refractivity contribution in [1.82, 2.24) is 15.5 Å². The van der Waals surface area contributed by atoms with Crippen LogP contribution in [0.4, 0.5) is 5.69 Å². The van der Waals surface area contributed by atoms with Crippen molar-refractivity contribution in [2.75, 3.05) is 50.7 Å². The van der Waals surface area contributed by atoms with Crippen LogP contribution in [0.2, 0.25) is 0 Å². The van der Waals surface area contributed by atoms with E-state index in [1.807, 2.05) is 0 Å². The van der Waals surface area contributed by atoms with Crippen LogP contribution in [0.25, 0.3) is 0 Å². The fraction of sp³-hybridized carbons (Fsp3) is 0.588. The molecule has 0 spiro atoms. The lowest BCUT2D eigenvalue weighted by Crippen LogP contribution is -2.47. The summed E-state index contributed by atoms with van der Waals surface area (Å²) in [5.41, 5.74) is 1.30. The predicted octanol–water partition coefficient (Wildman–Crippen LogP) is 1.52. The molecular formula is C17H28Cl2N4O. The first-order valence-corrected chi connectivity index (χ1v) is 8.34. The zero-order chi connectivity index (χ0) is 15.2. The van der Waals surface area contributed by atoms with Gasteiger partial charge in [-0.2, -0.15) is 0 Å². The van der Waals surface area contributed by atoms with Crippen LogP contribution in [0.3, 0.4) is 0 Å². The third kappa shape index (κ3) is 6.13. The van der Waals surface area contributed by atoms with Crippen LogP contribution < -0.4 is 15.5 Å². The lowest BCUT2D eigenvalue weighted by Gasteiger charge is -2.36. The Hall–Kier alpha value is -1.01. The van der Waals surface area contributed by atoms with Crippen LogP contribution in [0.1, 0.15) is 12.8 Å². The molecule has 5 nitrogen and oxygen atoms in total. The van der Waals surface area contributed by atoms with E-state index >= 15 is 0 Å². The van der Waals surface area contributed by atoms with Crippen molar-refractivity contribution in [2.45, 2.75) is 18.9 Å². The van der Waals surface area contributed by atoms with Crippen LogP contribution in [-0.2, 0) is 4.79 Å². The van der Waals surface area contributed by atoms with Gasteiger partial charge in [0.15, 0.2) is 0 Å². The minimum absolute atomic E-state index is 0. The summed E-state index contributed by atoms with van der Waals surface area (Å²) in [4.78, 5) is 16.8. The molecule has 2 heterocycles. The molecule has 1 amide bonds. The third-order valence-corrected chi connectivity index (χ3v) is 4.57. The molecule has 0 aliphatic carbocycles. The molecule has 1 atom stereocenters. The molecule has 24 heavy (non-hydrogen) atoms. The highest BCUT2D eigenvalue weighted by Gasteiger charge is 2.19. The molecule has 0 saturated carbocycles. The van der Waals surface area contributed by atoms with Crippen LogP contribution >= 0.6 is 24.8 Å². The molecule has 0 aromatic heterocycles. The Bertz CT molecular complexity index is 475. The van der Waals surface area contributed by atoms with E-state index in [-0.39, 0.29) is 30.7 Å². The van der Waals surface area contributed by atoms with Crippen molar-refractivity contribution in [3.8, 4) is 0 Å². The van der Waals surface area contributed by atoms with Gasteiger partial charge in [-0.25, -0.2) is 0 Å². The minimum Gasteiger partial charge on any atom is -0.369 e. The second kappa shape index (κ2) is 10.8. The number of piperazine rings is 1. The highest BCUT2D eigenvalue weighted by atomic mass is 35.5. The molecule has 1 unspecified atom stereocenters. The number of nitrogens with zero attached hydrogens (tertiary/aromatic N) is 2. The molecule has 2 fully saturated rings. The smallest absolute Gasteiger partial charge is 0.221 e. The van der Waals surface area contributed by atoms with E-state index in [1.54, 1.807) is 0 Å². The van der Waals surface area contributed by atoms with Crippen molar-refractivity contribution in [2.24, 2.45) is 0 Å². The van der Waals surface area contributed by atoms with Crippen molar-refractivity contribution < 1.29 is 4.79 Å². The number of para-hydroxylation sites is 1. The van der Waals surface area contributed by atoms with E-state index in [4.69, 9.17) is 0 Å². The summed E-state index contributed by atoms with van der Waals surface area (Å²) < 4.78 is 0. The summed E-state index contributed by atoms with van der Waals surface area (Å²) in [5, 5.41) is 6.39. The first kappa shape index (κ1) is 21.0. The number of benzene rings is 1. The first-order chi connectivity index (χ1) is 10.8. The van der Waals surface area contributed by atoms with Crippen LogP contribution in [0, 0.1) is 0 Å². The topological polar surface area (TPSA) is 47.6 Å². The van der Waals surface area contributed by atoms with Crippen molar-refractivity contribution in [3.05, 3.63) is 30.3 Å². The average molecular weight is 375 g/mol. The van der Waals surface area contributed by atoms with Gasteiger partial charge >= 0.3 is 0 Å². The molecule has 136 valence electrons. The fourth-order valence-corrected chi connectivity index (χ4v) is 3.21. The van der Waals surface area contributed by atoms with Gasteiger partial charge < -0.3 is 15.5 Å². The van der Waals surface area contributed by atoms with Gasteiger partial charge in [0, 0.05) is 57.4 Å². The van der Waals surface area contributed by atoms with E-state index in [0.29, 0.717) is 12.5 Å². The Morgan fingerprint density at radius 3 is 2.46 bits per heavy atom. The van der Waals surface area contributed by atoms with Gasteiger partial charge in [0.2, 0.25) is 5.91 Å². The number of carbonyl (C=O) groups is 1. The zero-order valence-electron chi connectivity index (χ0n) is 13.9. The number of anilines is 1. The van der Waals surface area contributed by atoms with Crippen LogP contribution in [-0.4, -0.2) is 62.7 Å². The van der Waals surface area contributed by atoms with Crippen molar-refractivity contribution in [1.29, 1.82) is 0 Å². The van der Waals surface area contributed by atoms with Gasteiger partial charge in [-0.15, -0.1) is 24.8 Å². The number of halogens is 2. The van der Waals surface area contributed by atoms with Gasteiger partial charge in [0.1, 0.15) is 0 Å². The lowest BCUT2D eigenvalue weighted by molar-refractivity contribution is -0.122. The molecule has 1 aromatic carbocycles. The number of nitrogens with one attached hydrogen (secondary N) is 2. The van der Waals surface area contributed by atoms with E-state index in [0.717, 1.165) is 52.2 Å². The summed E-state index contributed by atoms with van der Waals surface area (Å²) >= 11 is 0. The number of rotatable bonds is 5. The molecule has 0 bridgehead atoms. The first-order valence-electron chi connectivity index (χ1n) is 8.34. The standard InChI is InChI=1S/C17H26N4O.2ClH/c22-17(19-15-6-8-18-14-15)7-9-20-10-12-21(13-11-20)16-4-2-1-3-5-16;;/h1-5,15,18H,6-14H2,(H,19,22);2*1H. The normalized spacial score (nSPS) is 20.8. The Balaban J connectivity index is 0.00000144. The lowest BCUT2D eigenvalue weighted by atomic mass is 10.2. The van der Waals surface area contributed by atoms with E-state index < -0.39 is 0 Å². The monoisotopic (exact) mass is 374 g/mol. The van der Waals surface area contributed by atoms with Crippen LogP contribution in [0.15, 0.2) is 30.3 Å². The number of amides is 1. The second-order valence-corrected chi connectivity index (χ2v) is 6.17. The largest absolute Gasteiger partial charge is 0.369 e. The molecule has 2 saturated heterocycles. The fourth-order valence-electron chi connectivity index (χ4n) is 3.21. The molecule has 2 aliphatic rings. The third-order valence-electron chi connectivity index (χ3n) is 4.57. The van der Waals surface area contributed by atoms with Crippen molar-refractivity contribution in [3.63, 3.8) is 0 Å². The quantitative estimate of drug-likeness (QED) is 0.820. The summed E-state index contributed by atoms with van der Waals surface area (Å²) in [6, 6.07) is 10.9. The summed E-state index contributed by atoms with van der Waals surface area (Å²) in [6.45, 7) is 6.96. The summed E-state index contributed by atoms with van der Waals surface area (Å²) in [6.07, 6.45) is 1.67. The zero-order valence-corrected chi connectivity index (χ0v) is 15.6. The summed E-state index contributed by atoms with van der Waals surface area (Å²) in [5.74, 6) is 0.194. The number of hydrogen-bond donors (Lipinski definition) is 2. The minimum atomic E-state index is 0. The van der Waals surface area contributed by atoms with E-state index in [1.165, 1.54) is 5.69 Å². The van der Waals surface area contributed by atoms with E-state index in [2.05, 4.69) is 50.8 Å². The highest BCUT2D eigenvalue weighted by Crippen LogP contribution is 2.15. The second-order valence-electron chi connectivity index (χ2n) is 6.17.